The molecule has 0 aromatic heterocycles. The van der Waals surface area contributed by atoms with Crippen molar-refractivity contribution in [1.82, 2.24) is 5.32 Å². The number of nitrogens with one attached hydrogen (secondary N) is 1. The number of ether oxygens (including phenoxy) is 1. The number of hydrogen-bond acceptors (Lipinski definition) is 2. The van der Waals surface area contributed by atoms with Crippen LogP contribution in [-0.4, -0.2) is 24.9 Å². The Bertz CT molecular complexity index is 382. The zero-order chi connectivity index (χ0) is 13.4. The minimum absolute atomic E-state index is 0.00925. The van der Waals surface area contributed by atoms with Gasteiger partial charge in [0.2, 0.25) is 5.91 Å². The lowest BCUT2D eigenvalue weighted by Gasteiger charge is -2.10. The third kappa shape index (κ3) is 5.41. The Morgan fingerprint density at radius 2 is 2.28 bits per heavy atom. The summed E-state index contributed by atoms with van der Waals surface area (Å²) in [5, 5.41) is 2.86. The van der Waals surface area contributed by atoms with E-state index in [0.29, 0.717) is 13.0 Å². The van der Waals surface area contributed by atoms with Crippen LogP contribution in [0.5, 0.6) is 5.75 Å². The summed E-state index contributed by atoms with van der Waals surface area (Å²) >= 11 is 6.04. The molecule has 0 spiro atoms. The van der Waals surface area contributed by atoms with Gasteiger partial charge in [0.05, 0.1) is 18.9 Å². The van der Waals surface area contributed by atoms with Crippen LogP contribution in [0.1, 0.15) is 25.3 Å². The van der Waals surface area contributed by atoms with Crippen molar-refractivity contribution in [3.05, 3.63) is 29.8 Å². The first-order chi connectivity index (χ1) is 8.65. The highest BCUT2D eigenvalue weighted by atomic mass is 35.5. The molecule has 4 heteroatoms. The summed E-state index contributed by atoms with van der Waals surface area (Å²) in [6, 6.07) is 7.51. The van der Waals surface area contributed by atoms with Gasteiger partial charge in [0.1, 0.15) is 5.75 Å². The molecule has 0 bridgehead atoms. The van der Waals surface area contributed by atoms with Gasteiger partial charge in [0, 0.05) is 6.54 Å². The number of methoxy groups -OCH3 is 1. The largest absolute Gasteiger partial charge is 0.497 e. The first-order valence-electron chi connectivity index (χ1n) is 6.19. The van der Waals surface area contributed by atoms with E-state index in [1.165, 1.54) is 0 Å². The molecule has 1 atom stereocenters. The van der Waals surface area contributed by atoms with Gasteiger partial charge in [-0.25, -0.2) is 0 Å². The average Bonchev–Trinajstić information content (AvgIpc) is 2.37. The fourth-order valence-corrected chi connectivity index (χ4v) is 1.97. The molecule has 0 saturated heterocycles. The smallest absolute Gasteiger partial charge is 0.224 e. The van der Waals surface area contributed by atoms with E-state index in [4.69, 9.17) is 16.3 Å². The third-order valence-electron chi connectivity index (χ3n) is 2.62. The number of alkyl halides is 1. The van der Waals surface area contributed by atoms with E-state index in [0.717, 1.165) is 24.2 Å². The number of benzene rings is 1. The number of amides is 1. The van der Waals surface area contributed by atoms with E-state index in [9.17, 15) is 4.79 Å². The lowest BCUT2D eigenvalue weighted by molar-refractivity contribution is -0.120. The predicted octanol–water partition coefficient (Wildman–Crippen LogP) is 2.76. The minimum Gasteiger partial charge on any atom is -0.497 e. The van der Waals surface area contributed by atoms with E-state index in [1.54, 1.807) is 7.11 Å². The van der Waals surface area contributed by atoms with E-state index in [2.05, 4.69) is 12.2 Å². The van der Waals surface area contributed by atoms with Gasteiger partial charge in [0.15, 0.2) is 0 Å². The van der Waals surface area contributed by atoms with Crippen LogP contribution in [0.3, 0.4) is 0 Å². The fraction of sp³-hybridized carbons (Fsp3) is 0.500. The average molecular weight is 270 g/mol. The first-order valence-corrected chi connectivity index (χ1v) is 6.63. The molecule has 1 unspecified atom stereocenters. The van der Waals surface area contributed by atoms with Crippen LogP contribution in [0.2, 0.25) is 0 Å². The van der Waals surface area contributed by atoms with Gasteiger partial charge < -0.3 is 10.1 Å². The van der Waals surface area contributed by atoms with Gasteiger partial charge in [-0.2, -0.15) is 0 Å². The number of hydrogen-bond donors (Lipinski definition) is 1. The Labute approximate surface area is 113 Å². The molecule has 0 radical (unpaired) electrons. The second-order valence-corrected chi connectivity index (χ2v) is 4.84. The lowest BCUT2D eigenvalue weighted by atomic mass is 10.1. The van der Waals surface area contributed by atoms with Crippen LogP contribution >= 0.6 is 11.6 Å². The van der Waals surface area contributed by atoms with Crippen LogP contribution in [-0.2, 0) is 11.2 Å². The highest BCUT2D eigenvalue weighted by Gasteiger charge is 2.07. The summed E-state index contributed by atoms with van der Waals surface area (Å²) in [5.74, 6) is 0.756. The molecule has 18 heavy (non-hydrogen) atoms. The van der Waals surface area contributed by atoms with Crippen LogP contribution < -0.4 is 10.1 Å². The molecule has 1 rings (SSSR count). The topological polar surface area (TPSA) is 38.3 Å². The van der Waals surface area contributed by atoms with Crippen molar-refractivity contribution >= 4 is 17.5 Å². The predicted molar refractivity (Wildman–Crippen MR) is 74.3 cm³/mol. The second-order valence-electron chi connectivity index (χ2n) is 4.22. The molecule has 0 aliphatic carbocycles. The van der Waals surface area contributed by atoms with Gasteiger partial charge in [-0.1, -0.05) is 25.5 Å². The van der Waals surface area contributed by atoms with E-state index >= 15 is 0 Å². The SMILES string of the molecule is CCCC(Cl)CNC(=O)Cc1cccc(OC)c1. The summed E-state index contributed by atoms with van der Waals surface area (Å²) in [6.07, 6.45) is 2.30. The number of rotatable bonds is 7. The first kappa shape index (κ1) is 14.8. The van der Waals surface area contributed by atoms with Gasteiger partial charge >= 0.3 is 0 Å². The Balaban J connectivity index is 2.39. The Hall–Kier alpha value is -1.22. The van der Waals surface area contributed by atoms with E-state index < -0.39 is 0 Å². The summed E-state index contributed by atoms with van der Waals surface area (Å²) < 4.78 is 5.11. The molecule has 100 valence electrons. The van der Waals surface area contributed by atoms with Gasteiger partial charge in [0.25, 0.3) is 0 Å². The van der Waals surface area contributed by atoms with Crippen molar-refractivity contribution in [2.24, 2.45) is 0 Å². The van der Waals surface area contributed by atoms with Crippen molar-refractivity contribution in [2.75, 3.05) is 13.7 Å². The number of carbonyl (C=O) groups is 1. The summed E-state index contributed by atoms with van der Waals surface area (Å²) in [7, 11) is 1.61. The molecule has 1 aromatic rings. The molecule has 0 fully saturated rings. The second kappa shape index (κ2) is 7.98. The highest BCUT2D eigenvalue weighted by molar-refractivity contribution is 6.20. The monoisotopic (exact) mass is 269 g/mol. The maximum atomic E-state index is 11.7. The molecule has 0 heterocycles. The molecule has 0 aliphatic heterocycles. The molecule has 3 nitrogen and oxygen atoms in total. The lowest BCUT2D eigenvalue weighted by Crippen LogP contribution is -2.30. The Morgan fingerprint density at radius 3 is 2.94 bits per heavy atom. The van der Waals surface area contributed by atoms with Crippen LogP contribution in [0.25, 0.3) is 0 Å². The molecule has 1 amide bonds. The van der Waals surface area contributed by atoms with Crippen molar-refractivity contribution in [2.45, 2.75) is 31.6 Å². The Morgan fingerprint density at radius 1 is 1.50 bits per heavy atom. The molecule has 1 aromatic carbocycles. The van der Waals surface area contributed by atoms with Crippen molar-refractivity contribution < 1.29 is 9.53 Å². The van der Waals surface area contributed by atoms with Gasteiger partial charge in [-0.3, -0.25) is 4.79 Å². The number of halogens is 1. The summed E-state index contributed by atoms with van der Waals surface area (Å²) in [4.78, 5) is 11.7. The summed E-state index contributed by atoms with van der Waals surface area (Å²) in [5.41, 5.74) is 0.938. The molecule has 1 N–H and O–H groups in total. The highest BCUT2D eigenvalue weighted by Crippen LogP contribution is 2.12. The number of carbonyl (C=O) groups excluding carboxylic acids is 1. The van der Waals surface area contributed by atoms with Crippen molar-refractivity contribution in [1.29, 1.82) is 0 Å². The third-order valence-corrected chi connectivity index (χ3v) is 2.99. The minimum atomic E-state index is -0.00925. The van der Waals surface area contributed by atoms with Crippen LogP contribution in [0.15, 0.2) is 24.3 Å². The maximum Gasteiger partial charge on any atom is 0.224 e. The summed E-state index contributed by atoms with van der Waals surface area (Å²) in [6.45, 7) is 2.60. The van der Waals surface area contributed by atoms with Gasteiger partial charge in [-0.15, -0.1) is 11.6 Å². The van der Waals surface area contributed by atoms with Crippen molar-refractivity contribution in [3.63, 3.8) is 0 Å². The zero-order valence-corrected chi connectivity index (χ0v) is 11.7. The van der Waals surface area contributed by atoms with E-state index in [-0.39, 0.29) is 11.3 Å². The molecular formula is C14H20ClNO2. The molecule has 0 aliphatic rings. The zero-order valence-electron chi connectivity index (χ0n) is 10.9. The molecular weight excluding hydrogens is 250 g/mol. The van der Waals surface area contributed by atoms with E-state index in [1.807, 2.05) is 24.3 Å². The maximum absolute atomic E-state index is 11.7. The quantitative estimate of drug-likeness (QED) is 0.773. The van der Waals surface area contributed by atoms with Gasteiger partial charge in [-0.05, 0) is 24.1 Å². The molecule has 0 saturated carbocycles. The standard InChI is InChI=1S/C14H20ClNO2/c1-3-5-12(15)10-16-14(17)9-11-6-4-7-13(8-11)18-2/h4,6-8,12H,3,5,9-10H2,1-2H3,(H,16,17). The normalized spacial score (nSPS) is 11.9. The fourth-order valence-electron chi connectivity index (χ4n) is 1.67. The van der Waals surface area contributed by atoms with Crippen LogP contribution in [0, 0.1) is 0 Å². The van der Waals surface area contributed by atoms with Crippen molar-refractivity contribution in [3.8, 4) is 5.75 Å². The Kier molecular flexibility index (Phi) is 6.58. The van der Waals surface area contributed by atoms with Crippen LogP contribution in [0.4, 0.5) is 0 Å².